The van der Waals surface area contributed by atoms with Crippen LogP contribution < -0.4 is 0 Å². The van der Waals surface area contributed by atoms with Crippen LogP contribution >= 0.6 is 23.2 Å². The van der Waals surface area contributed by atoms with Gasteiger partial charge in [0, 0.05) is 6.07 Å². The number of carbonyl (C=O) groups excluding carboxylic acids is 1. The van der Waals surface area contributed by atoms with Crippen LogP contribution in [-0.4, -0.2) is 20.7 Å². The molecule has 1 aromatic rings. The lowest BCUT2D eigenvalue weighted by Gasteiger charge is -1.95. The molecule has 0 atom stereocenters. The van der Waals surface area contributed by atoms with Crippen LogP contribution in [0.5, 0.6) is 0 Å². The minimum absolute atomic E-state index is 0.438. The lowest BCUT2D eigenvalue weighted by atomic mass is 10.2. The Hall–Kier alpha value is -1.73. The lowest BCUT2D eigenvalue weighted by molar-refractivity contribution is -0.385. The number of nitrogens with zero attached hydrogens (tertiary/aromatic N) is 1. The number of rotatable bonds is 2. The Kier molecular flexibility index (Phi) is 6.08. The van der Waals surface area contributed by atoms with E-state index in [0.717, 1.165) is 12.1 Å². The van der Waals surface area contributed by atoms with Crippen LogP contribution in [0.15, 0.2) is 18.2 Å². The standard InChI is InChI=1S/C7H4FNO4.CCl2O/c8-5-1-4(7(10)11)2-6(3-5)9(12)13;2-1(3)4/h1-3H,(H,10,11);. The summed E-state index contributed by atoms with van der Waals surface area (Å²) in [5.74, 6) is -2.34. The summed E-state index contributed by atoms with van der Waals surface area (Å²) >= 11 is 8.80. The fraction of sp³-hybridized carbons (Fsp3) is 0. The van der Waals surface area contributed by atoms with Gasteiger partial charge in [0.25, 0.3) is 5.69 Å². The van der Waals surface area contributed by atoms with E-state index in [1.54, 1.807) is 0 Å². The molecule has 0 radical (unpaired) electrons. The molecule has 0 saturated carbocycles. The summed E-state index contributed by atoms with van der Waals surface area (Å²) in [5, 5.41) is 18.6. The molecule has 1 rings (SSSR count). The topological polar surface area (TPSA) is 97.5 Å². The lowest BCUT2D eigenvalue weighted by Crippen LogP contribution is -1.99. The van der Waals surface area contributed by atoms with Gasteiger partial charge in [-0.25, -0.2) is 9.18 Å². The molecule has 9 heteroatoms. The van der Waals surface area contributed by atoms with Gasteiger partial charge in [0.1, 0.15) is 5.82 Å². The number of hydrogen-bond donors (Lipinski definition) is 1. The Morgan fingerprint density at radius 3 is 2.12 bits per heavy atom. The van der Waals surface area contributed by atoms with Crippen LogP contribution in [0.25, 0.3) is 0 Å². The van der Waals surface area contributed by atoms with Gasteiger partial charge in [0.15, 0.2) is 0 Å². The van der Waals surface area contributed by atoms with E-state index in [-0.39, 0.29) is 0 Å². The van der Waals surface area contributed by atoms with Crippen LogP contribution in [0.3, 0.4) is 0 Å². The molecule has 0 aliphatic rings. The minimum Gasteiger partial charge on any atom is -0.478 e. The minimum atomic E-state index is -1.40. The number of aromatic carboxylic acids is 1. The Labute approximate surface area is 104 Å². The van der Waals surface area contributed by atoms with Crippen LogP contribution in [0.1, 0.15) is 10.4 Å². The summed E-state index contributed by atoms with van der Waals surface area (Å²) in [5.41, 5.74) is -1.01. The van der Waals surface area contributed by atoms with Crippen LogP contribution in [0, 0.1) is 15.9 Å². The number of carbonyl (C=O) groups is 2. The summed E-state index contributed by atoms with van der Waals surface area (Å²) in [4.78, 5) is 28.6. The Morgan fingerprint density at radius 2 is 1.76 bits per heavy atom. The molecule has 0 saturated heterocycles. The Balaban J connectivity index is 0.000000557. The van der Waals surface area contributed by atoms with Gasteiger partial charge in [0.05, 0.1) is 16.6 Å². The van der Waals surface area contributed by atoms with E-state index in [2.05, 4.69) is 23.2 Å². The first-order chi connectivity index (χ1) is 7.73. The van der Waals surface area contributed by atoms with Crippen molar-refractivity contribution in [2.45, 2.75) is 0 Å². The molecular formula is C8H4Cl2FNO5. The van der Waals surface area contributed by atoms with E-state index in [9.17, 15) is 19.3 Å². The van der Waals surface area contributed by atoms with Crippen molar-refractivity contribution in [3.63, 3.8) is 0 Å². The van der Waals surface area contributed by atoms with Gasteiger partial charge >= 0.3 is 10.7 Å². The zero-order chi connectivity index (χ0) is 13.6. The quantitative estimate of drug-likeness (QED) is 0.511. The third-order valence-electron chi connectivity index (χ3n) is 1.34. The highest BCUT2D eigenvalue weighted by atomic mass is 35.5. The fourth-order valence-corrected chi connectivity index (χ4v) is 0.803. The van der Waals surface area contributed by atoms with Gasteiger partial charge in [-0.1, -0.05) is 0 Å². The first-order valence-electron chi connectivity index (χ1n) is 3.77. The highest BCUT2D eigenvalue weighted by Crippen LogP contribution is 2.15. The van der Waals surface area contributed by atoms with Crippen molar-refractivity contribution >= 4 is 39.6 Å². The highest BCUT2D eigenvalue weighted by Gasteiger charge is 2.13. The SMILES string of the molecule is O=C(Cl)Cl.O=C(O)c1cc(F)cc([N+](=O)[O-])c1. The molecule has 0 heterocycles. The second-order valence-corrected chi connectivity index (χ2v) is 3.37. The number of carboxylic acids is 1. The van der Waals surface area contributed by atoms with E-state index in [4.69, 9.17) is 9.90 Å². The smallest absolute Gasteiger partial charge is 0.336 e. The maximum absolute atomic E-state index is 12.6. The maximum Gasteiger partial charge on any atom is 0.336 e. The van der Waals surface area contributed by atoms with Crippen LogP contribution in [0.2, 0.25) is 0 Å². The van der Waals surface area contributed by atoms with Crippen molar-refractivity contribution in [1.82, 2.24) is 0 Å². The molecule has 0 aliphatic carbocycles. The van der Waals surface area contributed by atoms with Crippen molar-refractivity contribution in [2.24, 2.45) is 0 Å². The molecule has 17 heavy (non-hydrogen) atoms. The zero-order valence-corrected chi connectivity index (χ0v) is 9.41. The molecule has 0 bridgehead atoms. The van der Waals surface area contributed by atoms with Crippen molar-refractivity contribution in [3.05, 3.63) is 39.7 Å². The predicted octanol–water partition coefficient (Wildman–Crippen LogP) is 3.02. The number of hydrogen-bond acceptors (Lipinski definition) is 4. The number of non-ortho nitro benzene ring substituents is 1. The van der Waals surface area contributed by atoms with Gasteiger partial charge < -0.3 is 5.11 Å². The predicted molar refractivity (Wildman–Crippen MR) is 57.1 cm³/mol. The molecule has 92 valence electrons. The summed E-state index contributed by atoms with van der Waals surface area (Å²) in [6.07, 6.45) is 0. The van der Waals surface area contributed by atoms with E-state index < -0.39 is 32.7 Å². The average molecular weight is 284 g/mol. The summed E-state index contributed by atoms with van der Waals surface area (Å²) in [7, 11) is 0. The number of carboxylic acid groups (broad SMARTS) is 1. The van der Waals surface area contributed by atoms with E-state index >= 15 is 0 Å². The van der Waals surface area contributed by atoms with Gasteiger partial charge in [0.2, 0.25) is 0 Å². The van der Waals surface area contributed by atoms with Gasteiger partial charge in [-0.05, 0) is 29.3 Å². The normalized spacial score (nSPS) is 8.88. The molecule has 6 nitrogen and oxygen atoms in total. The Bertz CT molecular complexity index is 429. The van der Waals surface area contributed by atoms with Gasteiger partial charge in [-0.3, -0.25) is 14.9 Å². The zero-order valence-electron chi connectivity index (χ0n) is 7.89. The van der Waals surface area contributed by atoms with Crippen LogP contribution in [-0.2, 0) is 0 Å². The fourth-order valence-electron chi connectivity index (χ4n) is 0.803. The van der Waals surface area contributed by atoms with Crippen molar-refractivity contribution in [2.75, 3.05) is 0 Å². The summed E-state index contributed by atoms with van der Waals surface area (Å²) < 4.78 is 11.7. The molecule has 0 aliphatic heterocycles. The summed E-state index contributed by atoms with van der Waals surface area (Å²) in [6.45, 7) is 0. The first kappa shape index (κ1) is 15.3. The molecule has 0 spiro atoms. The molecule has 0 aromatic heterocycles. The molecule has 1 aromatic carbocycles. The van der Waals surface area contributed by atoms with Crippen molar-refractivity contribution in [1.29, 1.82) is 0 Å². The van der Waals surface area contributed by atoms with E-state index in [1.807, 2.05) is 0 Å². The van der Waals surface area contributed by atoms with E-state index in [1.165, 1.54) is 0 Å². The van der Waals surface area contributed by atoms with Crippen LogP contribution in [0.4, 0.5) is 14.9 Å². The second kappa shape index (κ2) is 6.77. The monoisotopic (exact) mass is 283 g/mol. The van der Waals surface area contributed by atoms with Gasteiger partial charge in [-0.15, -0.1) is 0 Å². The average Bonchev–Trinajstić information content (AvgIpc) is 2.15. The largest absolute Gasteiger partial charge is 0.478 e. The van der Waals surface area contributed by atoms with Crippen molar-refractivity contribution < 1.29 is 24.0 Å². The highest BCUT2D eigenvalue weighted by molar-refractivity contribution is 6.93. The number of nitro benzene ring substituents is 1. The van der Waals surface area contributed by atoms with E-state index in [0.29, 0.717) is 6.07 Å². The number of benzene rings is 1. The van der Waals surface area contributed by atoms with Gasteiger partial charge in [-0.2, -0.15) is 0 Å². The molecular weight excluding hydrogens is 280 g/mol. The number of halogens is 3. The second-order valence-electron chi connectivity index (χ2n) is 2.49. The third kappa shape index (κ3) is 6.44. The summed E-state index contributed by atoms with van der Waals surface area (Å²) in [6, 6.07) is 2.17. The first-order valence-corrected chi connectivity index (χ1v) is 4.53. The molecule has 1 N–H and O–H groups in total. The Morgan fingerprint density at radius 1 is 1.29 bits per heavy atom. The molecule has 0 fully saturated rings. The third-order valence-corrected chi connectivity index (χ3v) is 1.34. The molecule has 0 unspecified atom stereocenters. The van der Waals surface area contributed by atoms with Crippen molar-refractivity contribution in [3.8, 4) is 0 Å². The molecule has 0 amide bonds. The number of nitro groups is 1. The maximum atomic E-state index is 12.6.